The van der Waals surface area contributed by atoms with Crippen LogP contribution in [0.1, 0.15) is 0 Å². The summed E-state index contributed by atoms with van der Waals surface area (Å²) in [5.74, 6) is -1.72. The first-order valence-corrected chi connectivity index (χ1v) is 6.56. The smallest absolute Gasteiger partial charge is 0.221 e. The highest BCUT2D eigenvalue weighted by atomic mass is 35.5. The van der Waals surface area contributed by atoms with Gasteiger partial charge < -0.3 is 0 Å². The molecular weight excluding hydrogens is 361 g/mol. The van der Waals surface area contributed by atoms with Crippen LogP contribution in [0.25, 0.3) is 11.1 Å². The zero-order valence-corrected chi connectivity index (χ0v) is 12.5. The second-order valence-electron chi connectivity index (χ2n) is 3.44. The van der Waals surface area contributed by atoms with E-state index in [9.17, 15) is 8.78 Å². The zero-order chi connectivity index (χ0) is 14.3. The molecule has 1 nitrogen and oxygen atoms in total. The lowest BCUT2D eigenvalue weighted by Gasteiger charge is -2.12. The van der Waals surface area contributed by atoms with Crippen LogP contribution in [0.15, 0.2) is 12.3 Å². The minimum Gasteiger partial charge on any atom is -0.225 e. The van der Waals surface area contributed by atoms with Crippen LogP contribution < -0.4 is 0 Å². The maximum atomic E-state index is 13.7. The fourth-order valence-electron chi connectivity index (χ4n) is 1.44. The van der Waals surface area contributed by atoms with E-state index in [-0.39, 0.29) is 36.2 Å². The van der Waals surface area contributed by atoms with Crippen molar-refractivity contribution >= 4 is 58.0 Å². The molecule has 0 saturated carbocycles. The first-order chi connectivity index (χ1) is 8.84. The van der Waals surface area contributed by atoms with Gasteiger partial charge in [-0.3, -0.25) is 0 Å². The average Bonchev–Trinajstić information content (AvgIpc) is 2.38. The number of aromatic nitrogens is 1. The molecule has 0 spiro atoms. The number of nitrogens with zero attached hydrogens (tertiary/aromatic N) is 1. The Hall–Kier alpha value is -0.320. The van der Waals surface area contributed by atoms with Crippen molar-refractivity contribution in [2.75, 3.05) is 0 Å². The van der Waals surface area contributed by atoms with Gasteiger partial charge in [0.15, 0.2) is 0 Å². The third-order valence-electron chi connectivity index (χ3n) is 2.28. The SMILES string of the molecule is Fc1cnc(F)c(-c2c(Cl)c(Cl)c(Cl)c(Cl)c2Cl)c1. The molecule has 2 aromatic rings. The standard InChI is InChI=1S/C11H2Cl5F2N/c12-6-5(4-1-3(17)2-19-11(4)18)7(13)9(15)10(16)8(6)14/h1-2H. The van der Waals surface area contributed by atoms with E-state index in [0.717, 1.165) is 12.3 Å². The van der Waals surface area contributed by atoms with Gasteiger partial charge in [0.2, 0.25) is 5.95 Å². The Morgan fingerprint density at radius 2 is 1.26 bits per heavy atom. The Kier molecular flexibility index (Phi) is 4.43. The van der Waals surface area contributed by atoms with Crippen LogP contribution in [-0.4, -0.2) is 4.98 Å². The van der Waals surface area contributed by atoms with Crippen LogP contribution in [0.5, 0.6) is 0 Å². The van der Waals surface area contributed by atoms with E-state index in [1.54, 1.807) is 0 Å². The fourth-order valence-corrected chi connectivity index (χ4v) is 2.78. The predicted molar refractivity (Wildman–Crippen MR) is 74.6 cm³/mol. The maximum Gasteiger partial charge on any atom is 0.221 e. The summed E-state index contributed by atoms with van der Waals surface area (Å²) in [7, 11) is 0. The normalized spacial score (nSPS) is 10.9. The minimum atomic E-state index is -0.959. The lowest BCUT2D eigenvalue weighted by molar-refractivity contribution is 0.563. The van der Waals surface area contributed by atoms with Gasteiger partial charge >= 0.3 is 0 Å². The monoisotopic (exact) mass is 361 g/mol. The molecule has 0 aliphatic rings. The van der Waals surface area contributed by atoms with Crippen molar-refractivity contribution in [3.8, 4) is 11.1 Å². The summed E-state index contributed by atoms with van der Waals surface area (Å²) in [6.45, 7) is 0. The van der Waals surface area contributed by atoms with Crippen molar-refractivity contribution in [1.29, 1.82) is 0 Å². The number of rotatable bonds is 1. The van der Waals surface area contributed by atoms with Crippen molar-refractivity contribution in [2.24, 2.45) is 0 Å². The van der Waals surface area contributed by atoms with Gasteiger partial charge in [0.1, 0.15) is 5.82 Å². The topological polar surface area (TPSA) is 12.9 Å². The average molecular weight is 363 g/mol. The predicted octanol–water partition coefficient (Wildman–Crippen LogP) is 6.29. The molecule has 0 saturated heterocycles. The summed E-state index contributed by atoms with van der Waals surface area (Å²) >= 11 is 29.4. The van der Waals surface area contributed by atoms with E-state index >= 15 is 0 Å². The second kappa shape index (κ2) is 5.58. The number of pyridine rings is 1. The number of benzene rings is 1. The van der Waals surface area contributed by atoms with E-state index in [1.165, 1.54) is 0 Å². The molecule has 1 heterocycles. The van der Waals surface area contributed by atoms with Crippen molar-refractivity contribution in [2.45, 2.75) is 0 Å². The van der Waals surface area contributed by atoms with Crippen LogP contribution in [0.3, 0.4) is 0 Å². The van der Waals surface area contributed by atoms with Gasteiger partial charge in [0, 0.05) is 11.1 Å². The highest BCUT2D eigenvalue weighted by molar-refractivity contribution is 6.56. The van der Waals surface area contributed by atoms with Crippen molar-refractivity contribution in [3.05, 3.63) is 49.1 Å². The highest BCUT2D eigenvalue weighted by Gasteiger charge is 2.23. The minimum absolute atomic E-state index is 0.0627. The van der Waals surface area contributed by atoms with Gasteiger partial charge in [-0.25, -0.2) is 9.37 Å². The molecule has 0 radical (unpaired) electrons. The number of hydrogen-bond donors (Lipinski definition) is 0. The molecule has 0 unspecified atom stereocenters. The number of halogens is 7. The van der Waals surface area contributed by atoms with Gasteiger partial charge in [-0.05, 0) is 6.07 Å². The van der Waals surface area contributed by atoms with Crippen LogP contribution in [0, 0.1) is 11.8 Å². The molecule has 1 aromatic carbocycles. The highest BCUT2D eigenvalue weighted by Crippen LogP contribution is 2.48. The lowest BCUT2D eigenvalue weighted by atomic mass is 10.1. The van der Waals surface area contributed by atoms with Gasteiger partial charge in [-0.2, -0.15) is 4.39 Å². The molecule has 2 rings (SSSR count). The Balaban J connectivity index is 2.87. The third kappa shape index (κ3) is 2.63. The Bertz CT molecular complexity index is 646. The quantitative estimate of drug-likeness (QED) is 0.329. The summed E-state index contributed by atoms with van der Waals surface area (Å²) in [4.78, 5) is 3.24. The van der Waals surface area contributed by atoms with E-state index in [2.05, 4.69) is 4.98 Å². The third-order valence-corrected chi connectivity index (χ3v) is 4.56. The first kappa shape index (κ1) is 15.1. The van der Waals surface area contributed by atoms with Crippen LogP contribution >= 0.6 is 58.0 Å². The summed E-state index contributed by atoms with van der Waals surface area (Å²) < 4.78 is 26.8. The van der Waals surface area contributed by atoms with Crippen molar-refractivity contribution in [1.82, 2.24) is 4.98 Å². The zero-order valence-electron chi connectivity index (χ0n) is 8.75. The Morgan fingerprint density at radius 1 is 0.789 bits per heavy atom. The van der Waals surface area contributed by atoms with E-state index < -0.39 is 11.8 Å². The van der Waals surface area contributed by atoms with Crippen LogP contribution in [-0.2, 0) is 0 Å². The van der Waals surface area contributed by atoms with E-state index in [1.807, 2.05) is 0 Å². The molecule has 0 aliphatic carbocycles. The molecule has 0 bridgehead atoms. The van der Waals surface area contributed by atoms with Gasteiger partial charge in [0.25, 0.3) is 0 Å². The summed E-state index contributed by atoms with van der Waals surface area (Å²) in [6, 6.07) is 0.885. The Morgan fingerprint density at radius 3 is 1.79 bits per heavy atom. The molecule has 100 valence electrons. The molecule has 0 amide bonds. The molecule has 1 aromatic heterocycles. The molecule has 19 heavy (non-hydrogen) atoms. The molecule has 8 heteroatoms. The van der Waals surface area contributed by atoms with Crippen molar-refractivity contribution in [3.63, 3.8) is 0 Å². The Labute approximate surface area is 132 Å². The largest absolute Gasteiger partial charge is 0.225 e. The van der Waals surface area contributed by atoms with Gasteiger partial charge in [0.05, 0.1) is 31.3 Å². The molecule has 0 fully saturated rings. The van der Waals surface area contributed by atoms with Crippen molar-refractivity contribution < 1.29 is 8.78 Å². The number of hydrogen-bond acceptors (Lipinski definition) is 1. The molecule has 0 aliphatic heterocycles. The lowest BCUT2D eigenvalue weighted by Crippen LogP contribution is -1.94. The van der Waals surface area contributed by atoms with Gasteiger partial charge in [-0.1, -0.05) is 58.0 Å². The summed E-state index contributed by atoms with van der Waals surface area (Å²) in [5, 5.41) is -0.528. The van der Waals surface area contributed by atoms with Crippen LogP contribution in [0.4, 0.5) is 8.78 Å². The van der Waals surface area contributed by atoms with Crippen LogP contribution in [0.2, 0.25) is 25.1 Å². The fraction of sp³-hybridized carbons (Fsp3) is 0. The van der Waals surface area contributed by atoms with E-state index in [4.69, 9.17) is 58.0 Å². The van der Waals surface area contributed by atoms with Gasteiger partial charge in [-0.15, -0.1) is 0 Å². The molecular formula is C11H2Cl5F2N. The van der Waals surface area contributed by atoms with E-state index in [0.29, 0.717) is 0 Å². The maximum absolute atomic E-state index is 13.7. The second-order valence-corrected chi connectivity index (χ2v) is 5.33. The molecule has 0 atom stereocenters. The summed E-state index contributed by atoms with van der Waals surface area (Å²) in [6.07, 6.45) is 0.722. The molecule has 0 N–H and O–H groups in total. The summed E-state index contributed by atoms with van der Waals surface area (Å²) in [5.41, 5.74) is -0.317. The first-order valence-electron chi connectivity index (χ1n) is 4.67.